The lowest BCUT2D eigenvalue weighted by molar-refractivity contribution is -0.301. The van der Waals surface area contributed by atoms with Gasteiger partial charge >= 0.3 is 23.9 Å². The molecule has 0 bridgehead atoms. The van der Waals surface area contributed by atoms with Gasteiger partial charge in [0, 0.05) is 19.3 Å². The molecule has 0 aliphatic carbocycles. The molecule has 6 unspecified atom stereocenters. The number of aliphatic hydroxyl groups is 2. The minimum Gasteiger partial charge on any atom is -0.479 e. The molecule has 0 saturated carbocycles. The summed E-state index contributed by atoms with van der Waals surface area (Å²) >= 11 is 0. The minimum absolute atomic E-state index is 0.0496. The normalized spacial score (nSPS) is 18.8. The molecule has 6 atom stereocenters. The van der Waals surface area contributed by atoms with E-state index in [1.807, 2.05) is 12.2 Å². The quantitative estimate of drug-likeness (QED) is 0.0228. The summed E-state index contributed by atoms with van der Waals surface area (Å²) in [5.74, 6) is -3.24. The van der Waals surface area contributed by atoms with E-state index in [1.165, 1.54) is 83.5 Å². The van der Waals surface area contributed by atoms with Gasteiger partial charge in [0.05, 0.1) is 6.61 Å². The number of carbonyl (C=O) groups is 4. The van der Waals surface area contributed by atoms with Crippen LogP contribution in [0.4, 0.5) is 0 Å². The van der Waals surface area contributed by atoms with E-state index in [0.717, 1.165) is 96.3 Å². The highest BCUT2D eigenvalue weighted by Crippen LogP contribution is 2.26. The van der Waals surface area contributed by atoms with E-state index in [4.69, 9.17) is 23.7 Å². The number of ether oxygens (including phenoxy) is 5. The molecule has 12 heteroatoms. The van der Waals surface area contributed by atoms with E-state index in [0.29, 0.717) is 19.3 Å². The van der Waals surface area contributed by atoms with Crippen molar-refractivity contribution in [2.45, 2.75) is 276 Å². The molecule has 0 amide bonds. The largest absolute Gasteiger partial charge is 0.479 e. The van der Waals surface area contributed by atoms with Gasteiger partial charge in [0.25, 0.3) is 0 Å². The maximum atomic E-state index is 13.1. The number of carboxylic acid groups (broad SMARTS) is 1. The summed E-state index contributed by atoms with van der Waals surface area (Å²) in [6, 6.07) is 0. The number of carboxylic acids is 1. The second kappa shape index (κ2) is 49.1. The van der Waals surface area contributed by atoms with Gasteiger partial charge in [0.15, 0.2) is 24.6 Å². The van der Waals surface area contributed by atoms with Crippen LogP contribution < -0.4 is 0 Å². The molecule has 12 nitrogen and oxygen atoms in total. The average molecular weight is 1030 g/mol. The Morgan fingerprint density at radius 3 is 1.41 bits per heavy atom. The van der Waals surface area contributed by atoms with E-state index < -0.39 is 67.3 Å². The second-order valence-corrected chi connectivity index (χ2v) is 19.5. The van der Waals surface area contributed by atoms with Crippen LogP contribution in [0, 0.1) is 0 Å². The Bertz CT molecular complexity index is 1550. The average Bonchev–Trinajstić information content (AvgIpc) is 3.37. The highest BCUT2D eigenvalue weighted by atomic mass is 16.7. The molecule has 0 aromatic carbocycles. The second-order valence-electron chi connectivity index (χ2n) is 19.5. The number of hydrogen-bond acceptors (Lipinski definition) is 11. The molecule has 0 aromatic heterocycles. The van der Waals surface area contributed by atoms with Crippen molar-refractivity contribution < 1.29 is 58.2 Å². The maximum Gasteiger partial charge on any atom is 0.335 e. The Kier molecular flexibility index (Phi) is 45.1. The molecule has 1 aliphatic heterocycles. The van der Waals surface area contributed by atoms with Crippen molar-refractivity contribution in [2.24, 2.45) is 0 Å². The third-order valence-electron chi connectivity index (χ3n) is 12.8. The van der Waals surface area contributed by atoms with Gasteiger partial charge in [0.2, 0.25) is 0 Å². The molecule has 1 saturated heterocycles. The van der Waals surface area contributed by atoms with Crippen LogP contribution in [0.3, 0.4) is 0 Å². The van der Waals surface area contributed by atoms with Crippen LogP contribution in [0.2, 0.25) is 0 Å². The van der Waals surface area contributed by atoms with Gasteiger partial charge in [-0.05, 0) is 89.9 Å². The first-order valence-electron chi connectivity index (χ1n) is 28.9. The lowest BCUT2D eigenvalue weighted by atomic mass is 9.98. The molecule has 418 valence electrons. The van der Waals surface area contributed by atoms with Crippen LogP contribution in [0.1, 0.15) is 239 Å². The van der Waals surface area contributed by atoms with E-state index in [1.54, 1.807) is 0 Å². The highest BCUT2D eigenvalue weighted by Gasteiger charge is 2.50. The highest BCUT2D eigenvalue weighted by molar-refractivity contribution is 5.74. The summed E-state index contributed by atoms with van der Waals surface area (Å²) < 4.78 is 28.3. The van der Waals surface area contributed by atoms with Crippen LogP contribution in [0.25, 0.3) is 0 Å². The van der Waals surface area contributed by atoms with Crippen LogP contribution in [-0.4, -0.2) is 89.2 Å². The molecule has 73 heavy (non-hydrogen) atoms. The Hall–Kier alpha value is -3.84. The molecule has 3 N–H and O–H groups in total. The van der Waals surface area contributed by atoms with Gasteiger partial charge in [-0.15, -0.1) is 0 Å². The van der Waals surface area contributed by atoms with Gasteiger partial charge in [-0.3, -0.25) is 14.4 Å². The third-order valence-corrected chi connectivity index (χ3v) is 12.8. The predicted molar refractivity (Wildman–Crippen MR) is 294 cm³/mol. The van der Waals surface area contributed by atoms with Crippen molar-refractivity contribution in [1.29, 1.82) is 0 Å². The number of carbonyl (C=O) groups excluding carboxylic acids is 3. The van der Waals surface area contributed by atoms with Crippen molar-refractivity contribution >= 4 is 23.9 Å². The van der Waals surface area contributed by atoms with Crippen molar-refractivity contribution in [2.75, 3.05) is 13.2 Å². The number of aliphatic hydroxyl groups excluding tert-OH is 2. The van der Waals surface area contributed by atoms with Gasteiger partial charge < -0.3 is 39.0 Å². The van der Waals surface area contributed by atoms with Crippen LogP contribution >= 0.6 is 0 Å². The number of aliphatic carboxylic acids is 1. The number of allylic oxidation sites excluding steroid dienone is 12. The van der Waals surface area contributed by atoms with E-state index in [9.17, 15) is 34.5 Å². The van der Waals surface area contributed by atoms with Crippen LogP contribution in [0.15, 0.2) is 72.9 Å². The zero-order valence-corrected chi connectivity index (χ0v) is 45.9. The summed E-state index contributed by atoms with van der Waals surface area (Å²) in [4.78, 5) is 50.9. The van der Waals surface area contributed by atoms with Crippen LogP contribution in [0.5, 0.6) is 0 Å². The fraction of sp³-hybridized carbons (Fsp3) is 0.738. The zero-order valence-electron chi connectivity index (χ0n) is 45.9. The van der Waals surface area contributed by atoms with Gasteiger partial charge in [-0.2, -0.15) is 0 Å². The summed E-state index contributed by atoms with van der Waals surface area (Å²) in [5.41, 5.74) is 0. The minimum atomic E-state index is -1.91. The van der Waals surface area contributed by atoms with Crippen molar-refractivity contribution in [3.8, 4) is 0 Å². The van der Waals surface area contributed by atoms with Crippen molar-refractivity contribution in [3.05, 3.63) is 72.9 Å². The van der Waals surface area contributed by atoms with E-state index >= 15 is 0 Å². The summed E-state index contributed by atoms with van der Waals surface area (Å²) in [5, 5.41) is 31.4. The topological polar surface area (TPSA) is 175 Å². The molecule has 0 spiro atoms. The van der Waals surface area contributed by atoms with Crippen molar-refractivity contribution in [1.82, 2.24) is 0 Å². The fourth-order valence-electron chi connectivity index (χ4n) is 8.30. The molecule has 1 heterocycles. The molecule has 0 radical (unpaired) electrons. The summed E-state index contributed by atoms with van der Waals surface area (Å²) in [7, 11) is 0. The molecular weight excluding hydrogens is 925 g/mol. The van der Waals surface area contributed by atoms with Gasteiger partial charge in [0.1, 0.15) is 18.8 Å². The lowest BCUT2D eigenvalue weighted by Crippen LogP contribution is -2.61. The number of esters is 3. The standard InChI is InChI=1S/C61H102O12/c1-4-7-10-13-16-19-22-24-25-26-27-28-29-31-34-37-40-43-46-49-55(64)72-59-57(66)56(65)58(60(67)68)73-61(59)70-51-52(71-54(63)48-45-42-39-36-32-21-18-15-12-9-6-3)50-69-53(62)47-44-41-38-35-33-30-23-20-17-14-11-8-5-2/h8,11,15,17-18,20,24-25,30,33,38,41,52,56-59,61,65-66H,4-7,9-10,12-14,16,19,21-23,26-29,31-32,34-37,39-40,42-51H2,1-3H3,(H,67,68)/b11-8-,18-15-,20-17-,25-24-,33-30-,41-38-. The predicted octanol–water partition coefficient (Wildman–Crippen LogP) is 14.6. The van der Waals surface area contributed by atoms with Crippen LogP contribution in [-0.2, 0) is 42.9 Å². The number of unbranched alkanes of at least 4 members (excludes halogenated alkanes) is 22. The monoisotopic (exact) mass is 1030 g/mol. The van der Waals surface area contributed by atoms with Crippen molar-refractivity contribution in [3.63, 3.8) is 0 Å². The Balaban J connectivity index is 2.69. The fourth-order valence-corrected chi connectivity index (χ4v) is 8.30. The maximum absolute atomic E-state index is 13.1. The Labute approximate surface area is 442 Å². The molecule has 0 aromatic rings. The molecular formula is C61H102O12. The molecule has 1 fully saturated rings. The SMILES string of the molecule is CC/C=C\C/C=C\C/C=C\C/C=C\CCC(=O)OCC(COC1OC(C(=O)O)C(O)C(O)C1OC(=O)CCCCCCCCCCC/C=C\CCCCCCCC)OC(=O)CCCCCCC/C=C\CCCC. The Morgan fingerprint density at radius 2 is 0.904 bits per heavy atom. The first kappa shape index (κ1) is 67.2. The Morgan fingerprint density at radius 1 is 0.466 bits per heavy atom. The molecule has 1 rings (SSSR count). The third kappa shape index (κ3) is 39.3. The zero-order chi connectivity index (χ0) is 53.3. The number of rotatable bonds is 48. The lowest BCUT2D eigenvalue weighted by Gasteiger charge is -2.40. The van der Waals surface area contributed by atoms with Gasteiger partial charge in [-0.25, -0.2) is 4.79 Å². The first-order chi connectivity index (χ1) is 35.6. The van der Waals surface area contributed by atoms with Gasteiger partial charge in [-0.1, -0.05) is 203 Å². The van der Waals surface area contributed by atoms with E-state index in [-0.39, 0.29) is 25.9 Å². The smallest absolute Gasteiger partial charge is 0.335 e. The summed E-state index contributed by atoms with van der Waals surface area (Å²) in [6.45, 7) is 5.75. The number of hydrogen-bond donors (Lipinski definition) is 3. The summed E-state index contributed by atoms with van der Waals surface area (Å²) in [6.07, 6.45) is 49.0. The first-order valence-corrected chi connectivity index (χ1v) is 28.9. The molecule has 1 aliphatic rings. The van der Waals surface area contributed by atoms with E-state index in [2.05, 4.69) is 81.5 Å².